The minimum absolute atomic E-state index is 0.241. The molecule has 2 N–H and O–H groups in total. The Morgan fingerprint density at radius 1 is 1.29 bits per heavy atom. The largest absolute Gasteiger partial charge is 0.478 e. The Hall–Kier alpha value is -0.830. The molecule has 3 heteroatoms. The Morgan fingerprint density at radius 2 is 1.76 bits per heavy atom. The van der Waals surface area contributed by atoms with Crippen LogP contribution in [0.4, 0.5) is 0 Å². The van der Waals surface area contributed by atoms with Gasteiger partial charge in [-0.1, -0.05) is 13.5 Å². The highest BCUT2D eigenvalue weighted by Crippen LogP contribution is 2.58. The molecular weight excluding hydrogens is 216 g/mol. The molecule has 0 saturated heterocycles. The molecule has 96 valence electrons. The Bertz CT molecular complexity index is 309. The maximum absolute atomic E-state index is 10.4. The van der Waals surface area contributed by atoms with E-state index in [1.807, 2.05) is 0 Å². The van der Waals surface area contributed by atoms with Gasteiger partial charge >= 0.3 is 5.97 Å². The summed E-state index contributed by atoms with van der Waals surface area (Å²) in [4.78, 5) is 9.25. The fraction of sp³-hybridized carbons (Fsp3) is 0.786. The Labute approximate surface area is 103 Å². The maximum atomic E-state index is 10.4. The minimum Gasteiger partial charge on any atom is -0.478 e. The van der Waals surface area contributed by atoms with Gasteiger partial charge in [0.05, 0.1) is 5.60 Å². The zero-order valence-electron chi connectivity index (χ0n) is 10.4. The lowest BCUT2D eigenvalue weighted by Crippen LogP contribution is -2.56. The van der Waals surface area contributed by atoms with Gasteiger partial charge in [0.25, 0.3) is 0 Å². The van der Waals surface area contributed by atoms with Crippen molar-refractivity contribution in [1.82, 2.24) is 0 Å². The van der Waals surface area contributed by atoms with Crippen molar-refractivity contribution in [3.63, 3.8) is 0 Å². The SMILES string of the molecule is C=CC(=O)O.CC1C2CC3CC(C2)CC1(O)C3. The van der Waals surface area contributed by atoms with Crippen molar-refractivity contribution in [1.29, 1.82) is 0 Å². The van der Waals surface area contributed by atoms with Crippen LogP contribution < -0.4 is 0 Å². The molecule has 4 aliphatic carbocycles. The molecule has 4 aliphatic rings. The van der Waals surface area contributed by atoms with E-state index in [-0.39, 0.29) is 5.60 Å². The van der Waals surface area contributed by atoms with Crippen molar-refractivity contribution < 1.29 is 15.0 Å². The second kappa shape index (κ2) is 4.45. The molecule has 0 aliphatic heterocycles. The van der Waals surface area contributed by atoms with E-state index >= 15 is 0 Å². The number of hydrogen-bond donors (Lipinski definition) is 2. The van der Waals surface area contributed by atoms with Crippen LogP contribution in [0.2, 0.25) is 0 Å². The van der Waals surface area contributed by atoms with Crippen LogP contribution in [0.3, 0.4) is 0 Å². The number of aliphatic carboxylic acids is 1. The molecule has 0 spiro atoms. The van der Waals surface area contributed by atoms with Gasteiger partial charge in [0.1, 0.15) is 0 Å². The molecule has 4 saturated carbocycles. The van der Waals surface area contributed by atoms with Gasteiger partial charge in [0, 0.05) is 6.08 Å². The summed E-state index contributed by atoms with van der Waals surface area (Å²) in [5.74, 6) is 2.23. The summed E-state index contributed by atoms with van der Waals surface area (Å²) in [7, 11) is 0. The molecule has 4 fully saturated rings. The van der Waals surface area contributed by atoms with Crippen LogP contribution in [0.15, 0.2) is 12.7 Å². The maximum Gasteiger partial charge on any atom is 0.327 e. The molecule has 0 aromatic rings. The minimum atomic E-state index is -0.981. The Balaban J connectivity index is 0.000000188. The first-order valence-corrected chi connectivity index (χ1v) is 6.52. The first kappa shape index (κ1) is 12.6. The highest BCUT2D eigenvalue weighted by Gasteiger charge is 2.54. The zero-order chi connectivity index (χ0) is 12.6. The van der Waals surface area contributed by atoms with E-state index in [2.05, 4.69) is 13.5 Å². The molecule has 0 aromatic heterocycles. The van der Waals surface area contributed by atoms with E-state index in [0.717, 1.165) is 36.7 Å². The highest BCUT2D eigenvalue weighted by molar-refractivity contribution is 5.78. The average Bonchev–Trinajstić information content (AvgIpc) is 2.25. The summed E-state index contributed by atoms with van der Waals surface area (Å²) >= 11 is 0. The molecule has 4 bridgehead atoms. The van der Waals surface area contributed by atoms with Crippen LogP contribution >= 0.6 is 0 Å². The molecule has 4 rings (SSSR count). The number of aliphatic hydroxyl groups is 1. The van der Waals surface area contributed by atoms with Crippen LogP contribution in [0.1, 0.15) is 39.0 Å². The van der Waals surface area contributed by atoms with Gasteiger partial charge in [-0.25, -0.2) is 4.79 Å². The van der Waals surface area contributed by atoms with Crippen molar-refractivity contribution in [2.75, 3.05) is 0 Å². The molecule has 17 heavy (non-hydrogen) atoms. The summed E-state index contributed by atoms with van der Waals surface area (Å²) in [6.45, 7) is 5.23. The third-order valence-corrected chi connectivity index (χ3v) is 4.95. The van der Waals surface area contributed by atoms with Gasteiger partial charge in [-0.3, -0.25) is 0 Å². The van der Waals surface area contributed by atoms with Crippen LogP contribution in [0.25, 0.3) is 0 Å². The quantitative estimate of drug-likeness (QED) is 0.690. The Kier molecular flexibility index (Phi) is 3.30. The molecule has 0 heterocycles. The molecule has 3 unspecified atom stereocenters. The van der Waals surface area contributed by atoms with Crippen LogP contribution in [0, 0.1) is 23.7 Å². The first-order chi connectivity index (χ1) is 7.94. The summed E-state index contributed by atoms with van der Waals surface area (Å²) in [5, 5.41) is 18.0. The van der Waals surface area contributed by atoms with E-state index in [1.165, 1.54) is 19.3 Å². The lowest BCUT2D eigenvalue weighted by molar-refractivity contribution is -0.165. The average molecular weight is 238 g/mol. The summed E-state index contributed by atoms with van der Waals surface area (Å²) in [5.41, 5.74) is -0.241. The van der Waals surface area contributed by atoms with Gasteiger partial charge in [-0.05, 0) is 55.8 Å². The molecular formula is C14H22O3. The zero-order valence-corrected chi connectivity index (χ0v) is 10.4. The first-order valence-electron chi connectivity index (χ1n) is 6.52. The number of rotatable bonds is 1. The number of carbonyl (C=O) groups is 1. The number of carboxylic acids is 1. The third kappa shape index (κ3) is 2.39. The smallest absolute Gasteiger partial charge is 0.327 e. The monoisotopic (exact) mass is 238 g/mol. The van der Waals surface area contributed by atoms with E-state index in [0.29, 0.717) is 5.92 Å². The van der Waals surface area contributed by atoms with Gasteiger partial charge in [-0.2, -0.15) is 0 Å². The standard InChI is InChI=1S/C11H18O.C3H4O2/c1-7-10-3-8-2-9(4-10)6-11(7,12)5-8;1-2-3(4)5/h7-10,12H,2-6H2,1H3;2H,1H2,(H,4,5). The van der Waals surface area contributed by atoms with Gasteiger partial charge in [0.2, 0.25) is 0 Å². The van der Waals surface area contributed by atoms with E-state index in [4.69, 9.17) is 5.11 Å². The fourth-order valence-electron chi connectivity index (χ4n) is 4.25. The molecule has 3 nitrogen and oxygen atoms in total. The van der Waals surface area contributed by atoms with Crippen molar-refractivity contribution in [2.45, 2.75) is 44.6 Å². The summed E-state index contributed by atoms with van der Waals surface area (Å²) < 4.78 is 0. The van der Waals surface area contributed by atoms with Crippen LogP contribution in [-0.2, 0) is 4.79 Å². The predicted molar refractivity (Wildman–Crippen MR) is 65.5 cm³/mol. The Morgan fingerprint density at radius 3 is 2.12 bits per heavy atom. The van der Waals surface area contributed by atoms with E-state index in [1.54, 1.807) is 0 Å². The topological polar surface area (TPSA) is 57.5 Å². The molecule has 0 radical (unpaired) electrons. The molecule has 0 aromatic carbocycles. The predicted octanol–water partition coefficient (Wildman–Crippen LogP) is 2.45. The van der Waals surface area contributed by atoms with Gasteiger partial charge in [0.15, 0.2) is 0 Å². The summed E-state index contributed by atoms with van der Waals surface area (Å²) in [6.07, 6.45) is 7.31. The second-order valence-electron chi connectivity index (χ2n) is 6.04. The van der Waals surface area contributed by atoms with Crippen LogP contribution in [-0.4, -0.2) is 21.8 Å². The third-order valence-electron chi connectivity index (χ3n) is 4.95. The molecule has 3 atom stereocenters. The fourth-order valence-corrected chi connectivity index (χ4v) is 4.25. The lowest BCUT2D eigenvalue weighted by atomic mass is 9.50. The number of hydrogen-bond acceptors (Lipinski definition) is 2. The number of carboxylic acid groups (broad SMARTS) is 1. The van der Waals surface area contributed by atoms with Crippen molar-refractivity contribution in [3.05, 3.63) is 12.7 Å². The lowest BCUT2D eigenvalue weighted by Gasteiger charge is -2.58. The van der Waals surface area contributed by atoms with Gasteiger partial charge < -0.3 is 10.2 Å². The summed E-state index contributed by atoms with van der Waals surface area (Å²) in [6, 6.07) is 0. The van der Waals surface area contributed by atoms with Gasteiger partial charge in [-0.15, -0.1) is 0 Å². The van der Waals surface area contributed by atoms with E-state index < -0.39 is 5.97 Å². The molecule has 0 amide bonds. The van der Waals surface area contributed by atoms with Crippen molar-refractivity contribution in [2.24, 2.45) is 23.7 Å². The normalized spacial score (nSPS) is 46.0. The van der Waals surface area contributed by atoms with Crippen molar-refractivity contribution >= 4 is 5.97 Å². The van der Waals surface area contributed by atoms with Crippen molar-refractivity contribution in [3.8, 4) is 0 Å². The van der Waals surface area contributed by atoms with E-state index in [9.17, 15) is 9.90 Å². The highest BCUT2D eigenvalue weighted by atomic mass is 16.4. The van der Waals surface area contributed by atoms with Crippen LogP contribution in [0.5, 0.6) is 0 Å². The second-order valence-corrected chi connectivity index (χ2v) is 6.04.